The van der Waals surface area contributed by atoms with Crippen LogP contribution in [0.2, 0.25) is 0 Å². The Morgan fingerprint density at radius 3 is 2.81 bits per heavy atom. The monoisotopic (exact) mass is 229 g/mol. The number of hydrogen-bond acceptors (Lipinski definition) is 4. The molecule has 1 aliphatic heterocycles. The fourth-order valence-corrected chi connectivity index (χ4v) is 1.68. The third-order valence-corrected chi connectivity index (χ3v) is 2.67. The van der Waals surface area contributed by atoms with Crippen molar-refractivity contribution in [2.75, 3.05) is 26.2 Å². The Bertz CT molecular complexity index is 215. The molecule has 0 spiro atoms. The summed E-state index contributed by atoms with van der Waals surface area (Å²) in [6.07, 6.45) is 0.0735. The molecule has 0 bridgehead atoms. The molecule has 3 atom stereocenters. The van der Waals surface area contributed by atoms with Gasteiger partial charge < -0.3 is 20.7 Å². The van der Waals surface area contributed by atoms with E-state index < -0.39 is 0 Å². The van der Waals surface area contributed by atoms with Gasteiger partial charge in [0, 0.05) is 32.3 Å². The highest BCUT2D eigenvalue weighted by Crippen LogP contribution is 1.94. The Morgan fingerprint density at radius 1 is 1.50 bits per heavy atom. The molecule has 5 nitrogen and oxygen atoms in total. The van der Waals surface area contributed by atoms with Gasteiger partial charge in [0.25, 0.3) is 0 Å². The highest BCUT2D eigenvalue weighted by atomic mass is 16.5. The quantitative estimate of drug-likeness (QED) is 0.593. The molecule has 0 radical (unpaired) electrons. The molecule has 0 aromatic carbocycles. The summed E-state index contributed by atoms with van der Waals surface area (Å²) in [5, 5.41) is 9.37. The van der Waals surface area contributed by atoms with Crippen molar-refractivity contribution in [2.24, 2.45) is 0 Å². The zero-order valence-electron chi connectivity index (χ0n) is 10.4. The molecular formula is C11H23N3O2. The zero-order chi connectivity index (χ0) is 12.0. The van der Waals surface area contributed by atoms with Crippen LogP contribution < -0.4 is 16.0 Å². The SMILES string of the molecule is CCOC(C)CNC(=O)C1CNC(C)CN1. The third-order valence-electron chi connectivity index (χ3n) is 2.67. The smallest absolute Gasteiger partial charge is 0.238 e. The molecule has 1 amide bonds. The summed E-state index contributed by atoms with van der Waals surface area (Å²) in [7, 11) is 0. The number of hydrogen-bond donors (Lipinski definition) is 3. The molecule has 1 aliphatic rings. The van der Waals surface area contributed by atoms with Gasteiger partial charge in [-0.2, -0.15) is 0 Å². The van der Waals surface area contributed by atoms with E-state index in [-0.39, 0.29) is 18.1 Å². The minimum Gasteiger partial charge on any atom is -0.377 e. The van der Waals surface area contributed by atoms with Crippen molar-refractivity contribution in [2.45, 2.75) is 39.0 Å². The lowest BCUT2D eigenvalue weighted by molar-refractivity contribution is -0.124. The Kier molecular flexibility index (Phi) is 5.73. The van der Waals surface area contributed by atoms with Crippen molar-refractivity contribution in [1.82, 2.24) is 16.0 Å². The summed E-state index contributed by atoms with van der Waals surface area (Å²) in [4.78, 5) is 11.7. The molecule has 5 heteroatoms. The molecule has 16 heavy (non-hydrogen) atoms. The van der Waals surface area contributed by atoms with Crippen LogP contribution in [0.25, 0.3) is 0 Å². The third kappa shape index (κ3) is 4.47. The first-order valence-electron chi connectivity index (χ1n) is 5.99. The second kappa shape index (κ2) is 6.83. The van der Waals surface area contributed by atoms with Crippen LogP contribution in [-0.2, 0) is 9.53 Å². The van der Waals surface area contributed by atoms with Gasteiger partial charge in [-0.1, -0.05) is 0 Å². The molecule has 0 aromatic rings. The van der Waals surface area contributed by atoms with E-state index in [9.17, 15) is 4.79 Å². The highest BCUT2D eigenvalue weighted by molar-refractivity contribution is 5.82. The van der Waals surface area contributed by atoms with Crippen LogP contribution in [0, 0.1) is 0 Å². The second-order valence-electron chi connectivity index (χ2n) is 4.28. The summed E-state index contributed by atoms with van der Waals surface area (Å²) < 4.78 is 5.35. The maximum Gasteiger partial charge on any atom is 0.238 e. The van der Waals surface area contributed by atoms with Crippen LogP contribution in [0.4, 0.5) is 0 Å². The average molecular weight is 229 g/mol. The van der Waals surface area contributed by atoms with E-state index in [0.717, 1.165) is 6.54 Å². The normalized spacial score (nSPS) is 27.4. The van der Waals surface area contributed by atoms with Crippen molar-refractivity contribution in [3.05, 3.63) is 0 Å². The number of carbonyl (C=O) groups excluding carboxylic acids is 1. The van der Waals surface area contributed by atoms with E-state index >= 15 is 0 Å². The fourth-order valence-electron chi connectivity index (χ4n) is 1.68. The van der Waals surface area contributed by atoms with Crippen LogP contribution in [0.3, 0.4) is 0 Å². The van der Waals surface area contributed by atoms with Crippen molar-refractivity contribution in [1.29, 1.82) is 0 Å². The first-order valence-corrected chi connectivity index (χ1v) is 5.99. The standard InChI is InChI=1S/C11H23N3O2/c1-4-16-9(3)6-14-11(15)10-7-12-8(2)5-13-10/h8-10,12-13H,4-7H2,1-3H3,(H,14,15). The molecule has 0 aliphatic carbocycles. The van der Waals surface area contributed by atoms with Crippen LogP contribution in [0.15, 0.2) is 0 Å². The number of nitrogens with one attached hydrogen (secondary N) is 3. The molecule has 1 fully saturated rings. The molecule has 1 saturated heterocycles. The van der Waals surface area contributed by atoms with Crippen molar-refractivity contribution < 1.29 is 9.53 Å². The Hall–Kier alpha value is -0.650. The van der Waals surface area contributed by atoms with Gasteiger partial charge >= 0.3 is 0 Å². The number of rotatable bonds is 5. The van der Waals surface area contributed by atoms with E-state index in [1.165, 1.54) is 0 Å². The lowest BCUT2D eigenvalue weighted by Gasteiger charge is -2.28. The molecule has 3 unspecified atom stereocenters. The van der Waals surface area contributed by atoms with Gasteiger partial charge in [0.2, 0.25) is 5.91 Å². The lowest BCUT2D eigenvalue weighted by Crippen LogP contribution is -2.59. The molecule has 0 saturated carbocycles. The van der Waals surface area contributed by atoms with Gasteiger partial charge in [-0.15, -0.1) is 0 Å². The van der Waals surface area contributed by atoms with Gasteiger partial charge in [-0.25, -0.2) is 0 Å². The highest BCUT2D eigenvalue weighted by Gasteiger charge is 2.23. The van der Waals surface area contributed by atoms with Crippen molar-refractivity contribution in [3.8, 4) is 0 Å². The predicted octanol–water partition coefficient (Wildman–Crippen LogP) is -0.522. The minimum absolute atomic E-state index is 0.0472. The summed E-state index contributed by atoms with van der Waals surface area (Å²) in [6.45, 7) is 8.77. The van der Waals surface area contributed by atoms with Crippen molar-refractivity contribution in [3.63, 3.8) is 0 Å². The van der Waals surface area contributed by atoms with Crippen LogP contribution in [0.1, 0.15) is 20.8 Å². The maximum absolute atomic E-state index is 11.7. The topological polar surface area (TPSA) is 62.4 Å². The maximum atomic E-state index is 11.7. The Balaban J connectivity index is 2.19. The van der Waals surface area contributed by atoms with Crippen LogP contribution >= 0.6 is 0 Å². The van der Waals surface area contributed by atoms with E-state index in [0.29, 0.717) is 25.7 Å². The van der Waals surface area contributed by atoms with E-state index in [1.807, 2.05) is 13.8 Å². The van der Waals surface area contributed by atoms with Gasteiger partial charge in [-0.05, 0) is 20.8 Å². The molecule has 94 valence electrons. The van der Waals surface area contributed by atoms with E-state index in [1.54, 1.807) is 0 Å². The summed E-state index contributed by atoms with van der Waals surface area (Å²) in [6, 6.07) is 0.316. The van der Waals surface area contributed by atoms with Gasteiger partial charge in [0.1, 0.15) is 0 Å². The summed E-state index contributed by atoms with van der Waals surface area (Å²) >= 11 is 0. The number of piperazine rings is 1. The Labute approximate surface area is 97.3 Å². The van der Waals surface area contributed by atoms with E-state index in [4.69, 9.17) is 4.74 Å². The first-order chi connectivity index (χ1) is 7.63. The molecule has 1 rings (SSSR count). The molecule has 1 heterocycles. The number of ether oxygens (including phenoxy) is 1. The van der Waals surface area contributed by atoms with Crippen LogP contribution in [-0.4, -0.2) is 50.3 Å². The lowest BCUT2D eigenvalue weighted by atomic mass is 10.1. The van der Waals surface area contributed by atoms with Crippen molar-refractivity contribution >= 4 is 5.91 Å². The summed E-state index contributed by atoms with van der Waals surface area (Å²) in [5.74, 6) is 0.0472. The van der Waals surface area contributed by atoms with Gasteiger partial charge in [0.05, 0.1) is 12.1 Å². The Morgan fingerprint density at radius 2 is 2.25 bits per heavy atom. The second-order valence-corrected chi connectivity index (χ2v) is 4.28. The first kappa shape index (κ1) is 13.4. The van der Waals surface area contributed by atoms with Crippen LogP contribution in [0.5, 0.6) is 0 Å². The number of carbonyl (C=O) groups is 1. The molecule has 3 N–H and O–H groups in total. The van der Waals surface area contributed by atoms with Gasteiger partial charge in [-0.3, -0.25) is 4.79 Å². The van der Waals surface area contributed by atoms with Gasteiger partial charge in [0.15, 0.2) is 0 Å². The zero-order valence-corrected chi connectivity index (χ0v) is 10.4. The average Bonchev–Trinajstić information content (AvgIpc) is 2.27. The minimum atomic E-state index is -0.120. The predicted molar refractivity (Wildman–Crippen MR) is 63.4 cm³/mol. The molecular weight excluding hydrogens is 206 g/mol. The summed E-state index contributed by atoms with van der Waals surface area (Å²) in [5.41, 5.74) is 0. The molecule has 0 aromatic heterocycles. The number of amides is 1. The fraction of sp³-hybridized carbons (Fsp3) is 0.909. The van der Waals surface area contributed by atoms with E-state index in [2.05, 4.69) is 22.9 Å². The largest absolute Gasteiger partial charge is 0.377 e.